The highest BCUT2D eigenvalue weighted by Gasteiger charge is 2.59. The maximum absolute atomic E-state index is 12.9. The fraction of sp³-hybridized carbons (Fsp3) is 0.646. The van der Waals surface area contributed by atoms with Crippen LogP contribution in [0.4, 0.5) is 4.79 Å². The summed E-state index contributed by atoms with van der Waals surface area (Å²) in [6.45, 7) is 13.0. The van der Waals surface area contributed by atoms with E-state index < -0.39 is 6.09 Å². The number of rotatable bonds is 14. The van der Waals surface area contributed by atoms with E-state index in [2.05, 4.69) is 75.6 Å². The first-order valence-electron chi connectivity index (χ1n) is 21.7. The fourth-order valence-electron chi connectivity index (χ4n) is 12.3. The molecule has 7 heteroatoms. The maximum atomic E-state index is 12.9. The highest BCUT2D eigenvalue weighted by molar-refractivity contribution is 5.79. The van der Waals surface area contributed by atoms with Gasteiger partial charge in [-0.25, -0.2) is 4.79 Å². The van der Waals surface area contributed by atoms with Crippen molar-refractivity contribution in [2.24, 2.45) is 46.3 Å². The van der Waals surface area contributed by atoms with Crippen molar-refractivity contribution >= 4 is 18.0 Å². The van der Waals surface area contributed by atoms with Crippen LogP contribution in [0.2, 0.25) is 0 Å². The maximum Gasteiger partial charge on any atom is 0.407 e. The fourth-order valence-corrected chi connectivity index (χ4v) is 12.3. The Kier molecular flexibility index (Phi) is 12.1. The van der Waals surface area contributed by atoms with Gasteiger partial charge in [-0.1, -0.05) is 114 Å². The Hall–Kier alpha value is -3.61. The van der Waals surface area contributed by atoms with Gasteiger partial charge in [0.05, 0.1) is 6.42 Å². The molecule has 2 N–H and O–H groups in total. The molecule has 5 aliphatic rings. The van der Waals surface area contributed by atoms with E-state index in [0.29, 0.717) is 5.41 Å². The molecule has 5 aliphatic carbocycles. The van der Waals surface area contributed by atoms with Gasteiger partial charge in [0.15, 0.2) is 0 Å². The first-order chi connectivity index (χ1) is 26.5. The molecule has 0 heterocycles. The summed E-state index contributed by atoms with van der Waals surface area (Å²) in [4.78, 5) is 37.8. The smallest absolute Gasteiger partial charge is 0.407 e. The van der Waals surface area contributed by atoms with E-state index >= 15 is 0 Å². The van der Waals surface area contributed by atoms with E-state index in [1.165, 1.54) is 68.1 Å². The molecule has 2 aromatic rings. The standard InChI is InChI=1S/C48H66N2O5/c1-31(2)11-10-12-32(3)41-19-20-42-39-18-17-33-29-34(21-25-47(33,4)43(39)22-26-48(41,42)5)55-45(52)24-28-49-44(51)23-27-50-46(53)54-30-40-37-15-8-6-13-35(37)36-14-7-9-16-38(36)40/h6-9,13-17,31-32,34,39-43H,10-12,18-30H2,1-5H3,(H,49,51)(H,50,53)/t32-,34?,39?,41?,42?,43?,47?,48?/m1/s1. The lowest BCUT2D eigenvalue weighted by Crippen LogP contribution is -2.51. The summed E-state index contributed by atoms with van der Waals surface area (Å²) in [7, 11) is 0. The number of benzene rings is 2. The minimum Gasteiger partial charge on any atom is -0.462 e. The number of carbonyl (C=O) groups is 3. The molecule has 0 aliphatic heterocycles. The second kappa shape index (κ2) is 16.9. The second-order valence-electron chi connectivity index (χ2n) is 18.7. The van der Waals surface area contributed by atoms with Gasteiger partial charge in [-0.2, -0.15) is 0 Å². The number of fused-ring (bicyclic) bond motifs is 8. The minimum atomic E-state index is -0.544. The van der Waals surface area contributed by atoms with Gasteiger partial charge in [0.25, 0.3) is 0 Å². The Morgan fingerprint density at radius 1 is 0.818 bits per heavy atom. The van der Waals surface area contributed by atoms with Crippen LogP contribution in [-0.4, -0.2) is 43.8 Å². The van der Waals surface area contributed by atoms with E-state index in [-0.39, 0.29) is 61.9 Å². The minimum absolute atomic E-state index is 0.0159. The van der Waals surface area contributed by atoms with Crippen molar-refractivity contribution in [3.63, 3.8) is 0 Å². The zero-order valence-electron chi connectivity index (χ0n) is 34.2. The lowest BCUT2D eigenvalue weighted by Gasteiger charge is -2.58. The predicted octanol–water partition coefficient (Wildman–Crippen LogP) is 10.4. The number of carbonyl (C=O) groups excluding carboxylic acids is 3. The molecule has 2 aromatic carbocycles. The lowest BCUT2D eigenvalue weighted by atomic mass is 9.47. The van der Waals surface area contributed by atoms with Crippen LogP contribution in [0.3, 0.4) is 0 Å². The topological polar surface area (TPSA) is 93.7 Å². The van der Waals surface area contributed by atoms with Crippen LogP contribution in [0, 0.1) is 46.3 Å². The number of alkyl carbamates (subject to hydrolysis) is 1. The first kappa shape index (κ1) is 39.6. The van der Waals surface area contributed by atoms with Crippen molar-refractivity contribution in [1.29, 1.82) is 0 Å². The summed E-state index contributed by atoms with van der Waals surface area (Å²) in [5.74, 6) is 4.38. The molecule has 8 atom stereocenters. The predicted molar refractivity (Wildman–Crippen MR) is 218 cm³/mol. The number of esters is 1. The lowest BCUT2D eigenvalue weighted by molar-refractivity contribution is -0.151. The van der Waals surface area contributed by atoms with E-state index in [1.807, 2.05) is 24.3 Å². The number of nitrogens with one attached hydrogen (secondary N) is 2. The summed E-state index contributed by atoms with van der Waals surface area (Å²) >= 11 is 0. The van der Waals surface area contributed by atoms with Crippen molar-refractivity contribution in [1.82, 2.24) is 10.6 Å². The normalized spacial score (nSPS) is 29.9. The van der Waals surface area contributed by atoms with Crippen LogP contribution in [-0.2, 0) is 19.1 Å². The van der Waals surface area contributed by atoms with Crippen molar-refractivity contribution in [2.45, 2.75) is 130 Å². The third kappa shape index (κ3) is 8.28. The van der Waals surface area contributed by atoms with Gasteiger partial charge in [-0.3, -0.25) is 9.59 Å². The van der Waals surface area contributed by atoms with Gasteiger partial charge >= 0.3 is 12.1 Å². The third-order valence-electron chi connectivity index (χ3n) is 15.2. The molecule has 0 bridgehead atoms. The molecule has 0 radical (unpaired) electrons. The molecule has 7 rings (SSSR count). The van der Waals surface area contributed by atoms with Gasteiger partial charge in [-0.15, -0.1) is 0 Å². The van der Waals surface area contributed by atoms with E-state index in [9.17, 15) is 14.4 Å². The number of hydrogen-bond acceptors (Lipinski definition) is 5. The van der Waals surface area contributed by atoms with Crippen LogP contribution in [0.15, 0.2) is 60.2 Å². The van der Waals surface area contributed by atoms with E-state index in [0.717, 1.165) is 65.9 Å². The summed E-state index contributed by atoms with van der Waals surface area (Å²) in [6, 6.07) is 16.4. The second-order valence-corrected chi connectivity index (χ2v) is 18.7. The Morgan fingerprint density at radius 2 is 1.53 bits per heavy atom. The zero-order chi connectivity index (χ0) is 38.7. The number of allylic oxidation sites excluding steroid dienone is 1. The van der Waals surface area contributed by atoms with Crippen LogP contribution in [0.1, 0.15) is 135 Å². The molecule has 3 fully saturated rings. The largest absolute Gasteiger partial charge is 0.462 e. The van der Waals surface area contributed by atoms with E-state index in [4.69, 9.17) is 9.47 Å². The van der Waals surface area contributed by atoms with Gasteiger partial charge in [-0.05, 0) is 114 Å². The molecule has 0 saturated heterocycles. The van der Waals surface area contributed by atoms with Crippen LogP contribution < -0.4 is 10.6 Å². The Balaban J connectivity index is 0.804. The monoisotopic (exact) mass is 750 g/mol. The highest BCUT2D eigenvalue weighted by Crippen LogP contribution is 2.67. The highest BCUT2D eigenvalue weighted by atomic mass is 16.5. The molecular weight excluding hydrogens is 685 g/mol. The molecule has 55 heavy (non-hydrogen) atoms. The van der Waals surface area contributed by atoms with Crippen molar-refractivity contribution in [3.05, 3.63) is 71.3 Å². The Morgan fingerprint density at radius 3 is 2.25 bits per heavy atom. The zero-order valence-corrected chi connectivity index (χ0v) is 34.2. The molecule has 2 amide bonds. The number of amides is 2. The summed E-state index contributed by atoms with van der Waals surface area (Å²) < 4.78 is 11.6. The Bertz CT molecular complexity index is 1690. The molecule has 0 spiro atoms. The van der Waals surface area contributed by atoms with Crippen molar-refractivity contribution < 1.29 is 23.9 Å². The molecule has 7 nitrogen and oxygen atoms in total. The van der Waals surface area contributed by atoms with Crippen LogP contribution in [0.5, 0.6) is 0 Å². The van der Waals surface area contributed by atoms with Crippen molar-refractivity contribution in [3.8, 4) is 11.1 Å². The van der Waals surface area contributed by atoms with Gasteiger partial charge < -0.3 is 20.1 Å². The summed E-state index contributed by atoms with van der Waals surface area (Å²) in [6.07, 6.45) is 15.8. The molecular formula is C48H66N2O5. The Labute approximate surface area is 330 Å². The van der Waals surface area contributed by atoms with Gasteiger partial charge in [0, 0.05) is 31.8 Å². The number of hydrogen-bond donors (Lipinski definition) is 2. The van der Waals surface area contributed by atoms with Crippen LogP contribution >= 0.6 is 0 Å². The molecule has 0 aromatic heterocycles. The summed E-state index contributed by atoms with van der Waals surface area (Å²) in [5, 5.41) is 5.50. The van der Waals surface area contributed by atoms with Crippen molar-refractivity contribution in [2.75, 3.05) is 19.7 Å². The van der Waals surface area contributed by atoms with Gasteiger partial charge in [0.1, 0.15) is 12.7 Å². The molecule has 7 unspecified atom stereocenters. The first-order valence-corrected chi connectivity index (χ1v) is 21.7. The SMILES string of the molecule is CC(C)CCC[C@@H](C)C1CCC2C3CC=C4CC(OC(=O)CCNC(=O)CCNC(=O)OCC5c6ccccc6-c6ccccc65)CCC4(C)C3CCC21C. The summed E-state index contributed by atoms with van der Waals surface area (Å²) in [5.41, 5.74) is 6.89. The average molecular weight is 751 g/mol. The van der Waals surface area contributed by atoms with Gasteiger partial charge in [0.2, 0.25) is 5.91 Å². The van der Waals surface area contributed by atoms with Crippen LogP contribution in [0.25, 0.3) is 11.1 Å². The molecule has 3 saturated carbocycles. The third-order valence-corrected chi connectivity index (χ3v) is 15.2. The molecule has 298 valence electrons. The van der Waals surface area contributed by atoms with E-state index in [1.54, 1.807) is 0 Å². The average Bonchev–Trinajstić information content (AvgIpc) is 3.68. The number of ether oxygens (including phenoxy) is 2. The quantitative estimate of drug-likeness (QED) is 0.148.